The zero-order valence-electron chi connectivity index (χ0n) is 9.45. The molecule has 1 aromatic carbocycles. The predicted molar refractivity (Wildman–Crippen MR) is 77.6 cm³/mol. The Bertz CT molecular complexity index is 737. The summed E-state index contributed by atoms with van der Waals surface area (Å²) in [5, 5.41) is 1.28. The number of hydrogen-bond donors (Lipinski definition) is 0. The van der Waals surface area contributed by atoms with E-state index < -0.39 is 0 Å². The number of halogens is 2. The maximum absolute atomic E-state index is 6.05. The minimum absolute atomic E-state index is 0.502. The van der Waals surface area contributed by atoms with Crippen LogP contribution in [0.1, 0.15) is 5.56 Å². The van der Waals surface area contributed by atoms with E-state index in [-0.39, 0.29) is 0 Å². The fraction of sp³-hybridized carbons (Fsp3) is 0.0769. The number of hydrogen-bond acceptors (Lipinski definition) is 3. The molecular formula is C13H8Cl2N2S. The number of fused-ring (bicyclic) bond motifs is 1. The topological polar surface area (TPSA) is 25.8 Å². The lowest BCUT2D eigenvalue weighted by Gasteiger charge is -2.00. The number of aromatic nitrogens is 2. The van der Waals surface area contributed by atoms with Crippen molar-refractivity contribution in [2.75, 3.05) is 0 Å². The van der Waals surface area contributed by atoms with Crippen LogP contribution >= 0.6 is 34.5 Å². The van der Waals surface area contributed by atoms with Crippen molar-refractivity contribution < 1.29 is 0 Å². The molecule has 0 saturated heterocycles. The van der Waals surface area contributed by atoms with E-state index in [4.69, 9.17) is 23.2 Å². The summed E-state index contributed by atoms with van der Waals surface area (Å²) >= 11 is 13.7. The van der Waals surface area contributed by atoms with Crippen molar-refractivity contribution in [2.24, 2.45) is 0 Å². The average molecular weight is 295 g/mol. The van der Waals surface area contributed by atoms with Gasteiger partial charge in [0.15, 0.2) is 0 Å². The van der Waals surface area contributed by atoms with Gasteiger partial charge in [-0.1, -0.05) is 29.3 Å². The highest BCUT2D eigenvalue weighted by atomic mass is 35.5. The Hall–Kier alpha value is -1.16. The SMILES string of the molecule is Cc1cc(-c2cc3ncnc(Cl)c3s2)ccc1Cl. The summed E-state index contributed by atoms with van der Waals surface area (Å²) in [5.41, 5.74) is 3.06. The van der Waals surface area contributed by atoms with E-state index in [1.54, 1.807) is 11.3 Å². The van der Waals surface area contributed by atoms with Crippen molar-refractivity contribution in [1.82, 2.24) is 9.97 Å². The summed E-state index contributed by atoms with van der Waals surface area (Å²) in [7, 11) is 0. The third-order valence-corrected chi connectivity index (χ3v) is 4.71. The molecule has 90 valence electrons. The second kappa shape index (κ2) is 4.50. The van der Waals surface area contributed by atoms with Crippen molar-refractivity contribution in [2.45, 2.75) is 6.92 Å². The molecule has 0 N–H and O–H groups in total. The lowest BCUT2D eigenvalue weighted by molar-refractivity contribution is 1.23. The average Bonchev–Trinajstić information content (AvgIpc) is 2.78. The molecule has 3 rings (SSSR count). The monoisotopic (exact) mass is 294 g/mol. The fourth-order valence-corrected chi connectivity index (χ4v) is 3.13. The van der Waals surface area contributed by atoms with Gasteiger partial charge in [0.05, 0.1) is 10.2 Å². The zero-order valence-corrected chi connectivity index (χ0v) is 11.8. The second-order valence-electron chi connectivity index (χ2n) is 3.95. The van der Waals surface area contributed by atoms with Crippen LogP contribution in [0, 0.1) is 6.92 Å². The molecule has 2 nitrogen and oxygen atoms in total. The van der Waals surface area contributed by atoms with Crippen LogP contribution in [-0.2, 0) is 0 Å². The summed E-state index contributed by atoms with van der Waals surface area (Å²) in [5.74, 6) is 0. The van der Waals surface area contributed by atoms with Gasteiger partial charge in [0.1, 0.15) is 11.5 Å². The molecular weight excluding hydrogens is 287 g/mol. The summed E-state index contributed by atoms with van der Waals surface area (Å²) in [6.45, 7) is 1.99. The second-order valence-corrected chi connectivity index (χ2v) is 5.77. The van der Waals surface area contributed by atoms with Crippen molar-refractivity contribution in [3.8, 4) is 10.4 Å². The zero-order chi connectivity index (χ0) is 12.7. The van der Waals surface area contributed by atoms with Gasteiger partial charge in [-0.25, -0.2) is 9.97 Å². The van der Waals surface area contributed by atoms with Gasteiger partial charge >= 0.3 is 0 Å². The van der Waals surface area contributed by atoms with Crippen molar-refractivity contribution in [3.05, 3.63) is 46.3 Å². The minimum Gasteiger partial charge on any atom is -0.235 e. The Balaban J connectivity index is 2.19. The summed E-state index contributed by atoms with van der Waals surface area (Å²) < 4.78 is 0.918. The van der Waals surface area contributed by atoms with Gasteiger partial charge in [-0.05, 0) is 36.2 Å². The van der Waals surface area contributed by atoms with Crippen molar-refractivity contribution in [3.63, 3.8) is 0 Å². The van der Waals surface area contributed by atoms with Crippen LogP contribution in [0.5, 0.6) is 0 Å². The third kappa shape index (κ3) is 1.99. The van der Waals surface area contributed by atoms with Gasteiger partial charge in [-0.2, -0.15) is 0 Å². The van der Waals surface area contributed by atoms with E-state index in [1.807, 2.05) is 25.1 Å². The quantitative estimate of drug-likeness (QED) is 0.592. The molecule has 5 heteroatoms. The molecule has 3 aromatic rings. The van der Waals surface area contributed by atoms with Gasteiger partial charge in [-0.15, -0.1) is 11.3 Å². The fourth-order valence-electron chi connectivity index (χ4n) is 1.77. The van der Waals surface area contributed by atoms with Gasteiger partial charge < -0.3 is 0 Å². The first-order valence-corrected chi connectivity index (χ1v) is 6.89. The van der Waals surface area contributed by atoms with Crippen LogP contribution in [0.2, 0.25) is 10.2 Å². The molecule has 0 aliphatic rings. The molecule has 2 aromatic heterocycles. The third-order valence-electron chi connectivity index (χ3n) is 2.71. The van der Waals surface area contributed by atoms with Crippen LogP contribution in [0.25, 0.3) is 20.7 Å². The number of nitrogens with zero attached hydrogens (tertiary/aromatic N) is 2. The maximum atomic E-state index is 6.05. The molecule has 0 atom stereocenters. The van der Waals surface area contributed by atoms with E-state index in [2.05, 4.69) is 16.0 Å². The van der Waals surface area contributed by atoms with Crippen LogP contribution in [0.15, 0.2) is 30.6 Å². The van der Waals surface area contributed by atoms with Crippen molar-refractivity contribution in [1.29, 1.82) is 0 Å². The Kier molecular flexibility index (Phi) is 2.98. The van der Waals surface area contributed by atoms with Crippen LogP contribution in [0.3, 0.4) is 0 Å². The molecule has 0 unspecified atom stereocenters. The molecule has 0 fully saturated rings. The normalized spacial score (nSPS) is 11.1. The highest BCUT2D eigenvalue weighted by Crippen LogP contribution is 2.36. The summed E-state index contributed by atoms with van der Waals surface area (Å²) in [6.07, 6.45) is 1.48. The molecule has 18 heavy (non-hydrogen) atoms. The molecule has 2 heterocycles. The Morgan fingerprint density at radius 3 is 2.67 bits per heavy atom. The Labute approximate surface area is 118 Å². The first kappa shape index (κ1) is 11.9. The van der Waals surface area contributed by atoms with Crippen LogP contribution in [0.4, 0.5) is 0 Å². The molecule has 0 spiro atoms. The molecule has 0 aliphatic heterocycles. The van der Waals surface area contributed by atoms with E-state index in [0.29, 0.717) is 5.15 Å². The lowest BCUT2D eigenvalue weighted by atomic mass is 10.1. The first-order chi connectivity index (χ1) is 8.65. The van der Waals surface area contributed by atoms with E-state index >= 15 is 0 Å². The van der Waals surface area contributed by atoms with E-state index in [0.717, 1.165) is 31.2 Å². The van der Waals surface area contributed by atoms with Crippen LogP contribution < -0.4 is 0 Å². The van der Waals surface area contributed by atoms with Gasteiger partial charge in [-0.3, -0.25) is 0 Å². The smallest absolute Gasteiger partial charge is 0.150 e. The number of thiophene rings is 1. The van der Waals surface area contributed by atoms with Crippen molar-refractivity contribution >= 4 is 44.8 Å². The summed E-state index contributed by atoms with van der Waals surface area (Å²) in [6, 6.07) is 8.00. The standard InChI is InChI=1S/C13H8Cl2N2S/c1-7-4-8(2-3-9(7)14)11-5-10-12(18-11)13(15)17-6-16-10/h2-6H,1H3. The Morgan fingerprint density at radius 1 is 1.11 bits per heavy atom. The van der Waals surface area contributed by atoms with Gasteiger partial charge in [0.25, 0.3) is 0 Å². The van der Waals surface area contributed by atoms with Gasteiger partial charge in [0.2, 0.25) is 0 Å². The van der Waals surface area contributed by atoms with E-state index in [1.165, 1.54) is 6.33 Å². The van der Waals surface area contributed by atoms with Crippen LogP contribution in [-0.4, -0.2) is 9.97 Å². The molecule has 0 radical (unpaired) electrons. The summed E-state index contributed by atoms with van der Waals surface area (Å²) in [4.78, 5) is 9.32. The molecule has 0 amide bonds. The number of aryl methyl sites for hydroxylation is 1. The van der Waals surface area contributed by atoms with E-state index in [9.17, 15) is 0 Å². The molecule has 0 saturated carbocycles. The minimum atomic E-state index is 0.502. The lowest BCUT2D eigenvalue weighted by Crippen LogP contribution is -1.77. The highest BCUT2D eigenvalue weighted by molar-refractivity contribution is 7.22. The largest absolute Gasteiger partial charge is 0.235 e. The van der Waals surface area contributed by atoms with Gasteiger partial charge in [0, 0.05) is 9.90 Å². The highest BCUT2D eigenvalue weighted by Gasteiger charge is 2.09. The molecule has 0 bridgehead atoms. The maximum Gasteiger partial charge on any atom is 0.150 e. The number of benzene rings is 1. The molecule has 0 aliphatic carbocycles. The number of rotatable bonds is 1. The predicted octanol–water partition coefficient (Wildman–Crippen LogP) is 4.97. The first-order valence-electron chi connectivity index (χ1n) is 5.32. The Morgan fingerprint density at radius 2 is 1.94 bits per heavy atom.